The third kappa shape index (κ3) is 6.31. The lowest BCUT2D eigenvalue weighted by Gasteiger charge is -2.17. The van der Waals surface area contributed by atoms with Gasteiger partial charge in [-0.3, -0.25) is 9.59 Å². The zero-order chi connectivity index (χ0) is 23.1. The highest BCUT2D eigenvalue weighted by Crippen LogP contribution is 2.32. The molecule has 0 atom stereocenters. The number of carbonyl (C=O) groups excluding carboxylic acids is 2. The van der Waals surface area contributed by atoms with Crippen LogP contribution >= 0.6 is 11.6 Å². The van der Waals surface area contributed by atoms with E-state index in [0.717, 1.165) is 11.1 Å². The Labute approximate surface area is 187 Å². The van der Waals surface area contributed by atoms with Crippen LogP contribution in [-0.4, -0.2) is 23.5 Å². The molecule has 3 rings (SSSR count). The summed E-state index contributed by atoms with van der Waals surface area (Å²) in [5.41, 5.74) is 0.793. The van der Waals surface area contributed by atoms with Gasteiger partial charge in [0.25, 0.3) is 5.91 Å². The standard InChI is InChI=1S/C23H18ClF3N2O3/c24-19-11-17(23(25,26)27)13-28-22(19)29-20(30)14-32-21(31)12-18(15-7-3-1-4-8-15)16-9-5-2-6-10-16/h1-11,13,18H,12,14H2,(H,28,29,30). The van der Waals surface area contributed by atoms with E-state index in [9.17, 15) is 22.8 Å². The Morgan fingerprint density at radius 2 is 1.56 bits per heavy atom. The van der Waals surface area contributed by atoms with Crippen molar-refractivity contribution in [3.63, 3.8) is 0 Å². The van der Waals surface area contributed by atoms with Gasteiger partial charge in [0.15, 0.2) is 12.4 Å². The number of esters is 1. The minimum atomic E-state index is -4.61. The van der Waals surface area contributed by atoms with Crippen molar-refractivity contribution in [2.45, 2.75) is 18.5 Å². The zero-order valence-electron chi connectivity index (χ0n) is 16.6. The first-order valence-corrected chi connectivity index (χ1v) is 9.90. The van der Waals surface area contributed by atoms with Crippen LogP contribution in [0.1, 0.15) is 29.0 Å². The molecule has 0 aliphatic heterocycles. The largest absolute Gasteiger partial charge is 0.456 e. The molecule has 0 aliphatic rings. The van der Waals surface area contributed by atoms with Gasteiger partial charge in [-0.25, -0.2) is 4.98 Å². The van der Waals surface area contributed by atoms with Crippen LogP contribution in [-0.2, 0) is 20.5 Å². The first-order chi connectivity index (χ1) is 15.2. The number of hydrogen-bond donors (Lipinski definition) is 1. The highest BCUT2D eigenvalue weighted by atomic mass is 35.5. The number of rotatable bonds is 7. The number of aromatic nitrogens is 1. The Morgan fingerprint density at radius 3 is 2.06 bits per heavy atom. The fraction of sp³-hybridized carbons (Fsp3) is 0.174. The Morgan fingerprint density at radius 1 is 1.00 bits per heavy atom. The molecule has 0 unspecified atom stereocenters. The number of anilines is 1. The second kappa shape index (κ2) is 10.3. The third-order valence-electron chi connectivity index (χ3n) is 4.57. The molecule has 0 saturated heterocycles. The summed E-state index contributed by atoms with van der Waals surface area (Å²) >= 11 is 5.76. The summed E-state index contributed by atoms with van der Waals surface area (Å²) in [5, 5.41) is 1.85. The van der Waals surface area contributed by atoms with E-state index in [0.29, 0.717) is 12.3 Å². The smallest absolute Gasteiger partial charge is 0.417 e. The van der Waals surface area contributed by atoms with E-state index in [1.54, 1.807) is 0 Å². The molecule has 0 bridgehead atoms. The van der Waals surface area contributed by atoms with Gasteiger partial charge in [-0.15, -0.1) is 0 Å². The van der Waals surface area contributed by atoms with Crippen LogP contribution in [0.3, 0.4) is 0 Å². The summed E-state index contributed by atoms with van der Waals surface area (Å²) in [4.78, 5) is 28.0. The van der Waals surface area contributed by atoms with Crippen LogP contribution in [0, 0.1) is 0 Å². The van der Waals surface area contributed by atoms with E-state index in [1.807, 2.05) is 60.7 Å². The molecular weight excluding hydrogens is 445 g/mol. The van der Waals surface area contributed by atoms with Crippen LogP contribution in [0.25, 0.3) is 0 Å². The topological polar surface area (TPSA) is 68.3 Å². The van der Waals surface area contributed by atoms with Crippen LogP contribution in [0.2, 0.25) is 5.02 Å². The number of amides is 1. The maximum Gasteiger partial charge on any atom is 0.417 e. The number of ether oxygens (including phenoxy) is 1. The molecule has 3 aromatic rings. The van der Waals surface area contributed by atoms with Crippen LogP contribution in [0.15, 0.2) is 72.9 Å². The summed E-state index contributed by atoms with van der Waals surface area (Å²) in [6, 6.07) is 19.5. The Bertz CT molecular complexity index is 1040. The predicted octanol–water partition coefficient (Wildman–Crippen LogP) is 5.46. The van der Waals surface area contributed by atoms with Crippen LogP contribution in [0.5, 0.6) is 0 Å². The first kappa shape index (κ1) is 23.3. The van der Waals surface area contributed by atoms with Gasteiger partial charge in [-0.1, -0.05) is 72.3 Å². The van der Waals surface area contributed by atoms with Crippen molar-refractivity contribution in [1.29, 1.82) is 0 Å². The van der Waals surface area contributed by atoms with Gasteiger partial charge >= 0.3 is 12.1 Å². The summed E-state index contributed by atoms with van der Waals surface area (Å²) in [6.07, 6.45) is -4.05. The number of carbonyl (C=O) groups is 2. The monoisotopic (exact) mass is 462 g/mol. The molecule has 32 heavy (non-hydrogen) atoms. The van der Waals surface area contributed by atoms with Gasteiger partial charge in [0.05, 0.1) is 17.0 Å². The van der Waals surface area contributed by atoms with E-state index < -0.39 is 30.2 Å². The fourth-order valence-electron chi connectivity index (χ4n) is 3.02. The Balaban J connectivity index is 1.60. The molecule has 166 valence electrons. The number of halogens is 4. The molecule has 5 nitrogen and oxygen atoms in total. The van der Waals surface area contributed by atoms with Gasteiger partial charge in [0.1, 0.15) is 0 Å². The van der Waals surface area contributed by atoms with E-state index >= 15 is 0 Å². The zero-order valence-corrected chi connectivity index (χ0v) is 17.4. The highest BCUT2D eigenvalue weighted by molar-refractivity contribution is 6.33. The quantitative estimate of drug-likeness (QED) is 0.473. The van der Waals surface area contributed by atoms with E-state index in [-0.39, 0.29) is 23.2 Å². The lowest BCUT2D eigenvalue weighted by Crippen LogP contribution is -2.22. The molecule has 1 aromatic heterocycles. The molecule has 0 spiro atoms. The SMILES string of the molecule is O=C(COC(=O)CC(c1ccccc1)c1ccccc1)Nc1ncc(C(F)(F)F)cc1Cl. The van der Waals surface area contributed by atoms with Crippen molar-refractivity contribution in [3.8, 4) is 0 Å². The number of nitrogens with one attached hydrogen (secondary N) is 1. The molecule has 9 heteroatoms. The highest BCUT2D eigenvalue weighted by Gasteiger charge is 2.31. The minimum Gasteiger partial charge on any atom is -0.456 e. The number of benzene rings is 2. The molecule has 0 aliphatic carbocycles. The Hall–Kier alpha value is -3.39. The average Bonchev–Trinajstić information content (AvgIpc) is 2.78. The van der Waals surface area contributed by atoms with Gasteiger partial charge in [0.2, 0.25) is 0 Å². The van der Waals surface area contributed by atoms with E-state index in [1.165, 1.54) is 0 Å². The van der Waals surface area contributed by atoms with Crippen LogP contribution < -0.4 is 5.32 Å². The van der Waals surface area contributed by atoms with Crippen LogP contribution in [0.4, 0.5) is 19.0 Å². The summed E-state index contributed by atoms with van der Waals surface area (Å²) in [6.45, 7) is -0.631. The van der Waals surface area contributed by atoms with E-state index in [2.05, 4.69) is 10.3 Å². The van der Waals surface area contributed by atoms with Crippen molar-refractivity contribution >= 4 is 29.3 Å². The van der Waals surface area contributed by atoms with Crippen molar-refractivity contribution in [2.75, 3.05) is 11.9 Å². The van der Waals surface area contributed by atoms with Crippen molar-refractivity contribution < 1.29 is 27.5 Å². The van der Waals surface area contributed by atoms with Gasteiger partial charge in [0, 0.05) is 12.1 Å². The second-order valence-corrected chi connectivity index (χ2v) is 7.25. The molecule has 0 fully saturated rings. The molecule has 2 aromatic carbocycles. The summed E-state index contributed by atoms with van der Waals surface area (Å²) in [5.74, 6) is -1.90. The molecule has 1 N–H and O–H groups in total. The van der Waals surface area contributed by atoms with Crippen molar-refractivity contribution in [1.82, 2.24) is 4.98 Å². The molecule has 0 radical (unpaired) electrons. The summed E-state index contributed by atoms with van der Waals surface area (Å²) < 4.78 is 43.1. The number of pyridine rings is 1. The van der Waals surface area contributed by atoms with Crippen molar-refractivity contribution in [3.05, 3.63) is 94.6 Å². The maximum absolute atomic E-state index is 12.7. The second-order valence-electron chi connectivity index (χ2n) is 6.84. The number of hydrogen-bond acceptors (Lipinski definition) is 4. The maximum atomic E-state index is 12.7. The molecule has 1 heterocycles. The lowest BCUT2D eigenvalue weighted by molar-refractivity contribution is -0.147. The lowest BCUT2D eigenvalue weighted by atomic mass is 9.89. The van der Waals surface area contributed by atoms with Gasteiger partial charge < -0.3 is 10.1 Å². The van der Waals surface area contributed by atoms with Gasteiger partial charge in [-0.2, -0.15) is 13.2 Å². The van der Waals surface area contributed by atoms with Gasteiger partial charge in [-0.05, 0) is 17.2 Å². The molecule has 0 saturated carbocycles. The normalized spacial score (nSPS) is 11.3. The first-order valence-electron chi connectivity index (χ1n) is 9.52. The molecule has 1 amide bonds. The third-order valence-corrected chi connectivity index (χ3v) is 4.85. The fourth-order valence-corrected chi connectivity index (χ4v) is 3.24. The average molecular weight is 463 g/mol. The minimum absolute atomic E-state index is 0.000588. The van der Waals surface area contributed by atoms with Crippen molar-refractivity contribution in [2.24, 2.45) is 0 Å². The van der Waals surface area contributed by atoms with E-state index in [4.69, 9.17) is 16.3 Å². The molecular formula is C23H18ClF3N2O3. The number of alkyl halides is 3. The summed E-state index contributed by atoms with van der Waals surface area (Å²) in [7, 11) is 0. The Kier molecular flexibility index (Phi) is 7.48. The number of nitrogens with zero attached hydrogens (tertiary/aromatic N) is 1. The predicted molar refractivity (Wildman–Crippen MR) is 113 cm³/mol.